The van der Waals surface area contributed by atoms with Gasteiger partial charge in [-0.05, 0) is 50.7 Å². The Balaban J connectivity index is 1.54. The van der Waals surface area contributed by atoms with Crippen molar-refractivity contribution in [3.8, 4) is 0 Å². The molecule has 5 heteroatoms. The summed E-state index contributed by atoms with van der Waals surface area (Å²) in [6, 6.07) is 6.01. The van der Waals surface area contributed by atoms with Crippen LogP contribution in [-0.4, -0.2) is 47.1 Å². The number of piperidine rings is 1. The molecule has 1 aromatic heterocycles. The Morgan fingerprint density at radius 1 is 1.43 bits per heavy atom. The number of hydrogen-bond donors (Lipinski definition) is 1. The van der Waals surface area contributed by atoms with Gasteiger partial charge in [0.2, 0.25) is 5.91 Å². The molecule has 5 nitrogen and oxygen atoms in total. The fraction of sp³-hybridized carbons (Fsp3) is 0.667. The van der Waals surface area contributed by atoms with Gasteiger partial charge in [-0.15, -0.1) is 0 Å². The van der Waals surface area contributed by atoms with Gasteiger partial charge in [-0.3, -0.25) is 9.78 Å². The zero-order valence-electron chi connectivity index (χ0n) is 14.1. The van der Waals surface area contributed by atoms with E-state index in [1.54, 1.807) is 13.8 Å². The topological polar surface area (TPSA) is 68.5 Å². The monoisotopic (exact) mass is 317 g/mol. The predicted octanol–water partition coefficient (Wildman–Crippen LogP) is 1.76. The van der Waals surface area contributed by atoms with E-state index in [4.69, 9.17) is 10.5 Å². The molecule has 0 bridgehead atoms. The molecule has 0 aromatic carbocycles. The number of aromatic nitrogens is 1. The number of pyridine rings is 1. The van der Waals surface area contributed by atoms with Crippen molar-refractivity contribution in [3.05, 3.63) is 30.1 Å². The van der Waals surface area contributed by atoms with Gasteiger partial charge in [-0.25, -0.2) is 0 Å². The SMILES string of the molecule is CC(C)(N)C(=O)N1CCC2(CC1)COC(Cc1ccccn1)C2. The third kappa shape index (κ3) is 3.72. The lowest BCUT2D eigenvalue weighted by Crippen LogP contribution is -2.54. The van der Waals surface area contributed by atoms with Crippen LogP contribution >= 0.6 is 0 Å². The molecule has 3 heterocycles. The van der Waals surface area contributed by atoms with E-state index >= 15 is 0 Å². The van der Waals surface area contributed by atoms with Gasteiger partial charge in [-0.2, -0.15) is 0 Å². The Morgan fingerprint density at radius 2 is 2.17 bits per heavy atom. The Hall–Kier alpha value is -1.46. The van der Waals surface area contributed by atoms with Crippen LogP contribution in [0, 0.1) is 5.41 Å². The number of carbonyl (C=O) groups is 1. The molecule has 2 N–H and O–H groups in total. The second kappa shape index (κ2) is 6.21. The van der Waals surface area contributed by atoms with Gasteiger partial charge in [0.25, 0.3) is 0 Å². The molecule has 1 aromatic rings. The maximum atomic E-state index is 12.3. The number of carbonyl (C=O) groups excluding carboxylic acids is 1. The number of rotatable bonds is 3. The molecule has 0 radical (unpaired) electrons. The second-order valence-electron chi connectivity index (χ2n) is 7.68. The minimum atomic E-state index is -0.780. The van der Waals surface area contributed by atoms with Crippen molar-refractivity contribution >= 4 is 5.91 Å². The summed E-state index contributed by atoms with van der Waals surface area (Å²) < 4.78 is 6.05. The van der Waals surface area contributed by atoms with Crippen LogP contribution in [0.25, 0.3) is 0 Å². The molecule has 2 fully saturated rings. The molecule has 2 saturated heterocycles. The molecule has 1 spiro atoms. The standard InChI is InChI=1S/C18H27N3O2/c1-17(2,19)16(22)21-9-6-18(7-10-21)12-15(23-13-18)11-14-5-3-4-8-20-14/h3-5,8,15H,6-7,9-13,19H2,1-2H3. The smallest absolute Gasteiger partial charge is 0.242 e. The summed E-state index contributed by atoms with van der Waals surface area (Å²) in [5.74, 6) is 0.0521. The molecule has 2 aliphatic rings. The summed E-state index contributed by atoms with van der Waals surface area (Å²) in [6.45, 7) is 5.94. The van der Waals surface area contributed by atoms with E-state index in [0.717, 1.165) is 51.1 Å². The number of nitrogens with zero attached hydrogens (tertiary/aromatic N) is 2. The number of nitrogens with two attached hydrogens (primary N) is 1. The van der Waals surface area contributed by atoms with Crippen LogP contribution in [-0.2, 0) is 16.0 Å². The fourth-order valence-electron chi connectivity index (χ4n) is 3.72. The van der Waals surface area contributed by atoms with Gasteiger partial charge >= 0.3 is 0 Å². The summed E-state index contributed by atoms with van der Waals surface area (Å²) in [5.41, 5.74) is 6.48. The van der Waals surface area contributed by atoms with E-state index in [9.17, 15) is 4.79 Å². The summed E-state index contributed by atoms with van der Waals surface area (Å²) in [4.78, 5) is 18.6. The maximum absolute atomic E-state index is 12.3. The molecule has 0 aliphatic carbocycles. The van der Waals surface area contributed by atoms with Gasteiger partial charge in [0.15, 0.2) is 0 Å². The molecule has 126 valence electrons. The van der Waals surface area contributed by atoms with Crippen molar-refractivity contribution in [2.45, 2.75) is 51.2 Å². The minimum absolute atomic E-state index is 0.0521. The molecule has 2 aliphatic heterocycles. The van der Waals surface area contributed by atoms with E-state index in [2.05, 4.69) is 11.1 Å². The van der Waals surface area contributed by atoms with Crippen molar-refractivity contribution in [3.63, 3.8) is 0 Å². The Bertz CT molecular complexity index is 545. The lowest BCUT2D eigenvalue weighted by molar-refractivity contribution is -0.138. The van der Waals surface area contributed by atoms with Crippen LogP contribution in [0.2, 0.25) is 0 Å². The molecule has 1 atom stereocenters. The Morgan fingerprint density at radius 3 is 2.78 bits per heavy atom. The summed E-state index contributed by atoms with van der Waals surface area (Å²) in [7, 11) is 0. The maximum Gasteiger partial charge on any atom is 0.242 e. The highest BCUT2D eigenvalue weighted by Crippen LogP contribution is 2.42. The highest BCUT2D eigenvalue weighted by Gasteiger charge is 2.44. The first kappa shape index (κ1) is 16.4. The first-order valence-corrected chi connectivity index (χ1v) is 8.48. The van der Waals surface area contributed by atoms with Crippen LogP contribution in [0.4, 0.5) is 0 Å². The van der Waals surface area contributed by atoms with Crippen molar-refractivity contribution in [1.29, 1.82) is 0 Å². The average molecular weight is 317 g/mol. The van der Waals surface area contributed by atoms with Crippen LogP contribution in [0.15, 0.2) is 24.4 Å². The highest BCUT2D eigenvalue weighted by atomic mass is 16.5. The van der Waals surface area contributed by atoms with Crippen molar-refractivity contribution in [2.24, 2.45) is 11.1 Å². The molecule has 0 saturated carbocycles. The first-order chi connectivity index (χ1) is 10.9. The van der Waals surface area contributed by atoms with Crippen LogP contribution in [0.1, 0.15) is 38.8 Å². The van der Waals surface area contributed by atoms with Crippen LogP contribution in [0.5, 0.6) is 0 Å². The second-order valence-corrected chi connectivity index (χ2v) is 7.68. The van der Waals surface area contributed by atoms with Gasteiger partial charge in [-0.1, -0.05) is 6.07 Å². The number of amides is 1. The summed E-state index contributed by atoms with van der Waals surface area (Å²) in [6.07, 6.45) is 6.04. The third-order valence-corrected chi connectivity index (χ3v) is 5.11. The zero-order valence-corrected chi connectivity index (χ0v) is 14.1. The lowest BCUT2D eigenvalue weighted by atomic mass is 9.76. The Kier molecular flexibility index (Phi) is 4.43. The molecular weight excluding hydrogens is 290 g/mol. The molecular formula is C18H27N3O2. The van der Waals surface area contributed by atoms with E-state index in [1.807, 2.05) is 23.2 Å². The largest absolute Gasteiger partial charge is 0.377 e. The molecule has 23 heavy (non-hydrogen) atoms. The number of ether oxygens (including phenoxy) is 1. The third-order valence-electron chi connectivity index (χ3n) is 5.11. The van der Waals surface area contributed by atoms with Gasteiger partial charge in [0.1, 0.15) is 0 Å². The van der Waals surface area contributed by atoms with Crippen molar-refractivity contribution in [2.75, 3.05) is 19.7 Å². The molecule has 1 amide bonds. The highest BCUT2D eigenvalue weighted by molar-refractivity contribution is 5.85. The normalized spacial score (nSPS) is 24.1. The molecule has 1 unspecified atom stereocenters. The van der Waals surface area contributed by atoms with Crippen LogP contribution in [0.3, 0.4) is 0 Å². The lowest BCUT2D eigenvalue weighted by Gasteiger charge is -2.40. The van der Waals surface area contributed by atoms with Crippen molar-refractivity contribution < 1.29 is 9.53 Å². The average Bonchev–Trinajstić information content (AvgIpc) is 2.90. The quantitative estimate of drug-likeness (QED) is 0.922. The first-order valence-electron chi connectivity index (χ1n) is 8.48. The van der Waals surface area contributed by atoms with E-state index < -0.39 is 5.54 Å². The van der Waals surface area contributed by atoms with E-state index in [-0.39, 0.29) is 17.4 Å². The Labute approximate surface area is 138 Å². The number of hydrogen-bond acceptors (Lipinski definition) is 4. The van der Waals surface area contributed by atoms with E-state index in [0.29, 0.717) is 0 Å². The van der Waals surface area contributed by atoms with Gasteiger partial charge in [0.05, 0.1) is 18.2 Å². The van der Waals surface area contributed by atoms with Gasteiger partial charge < -0.3 is 15.4 Å². The predicted molar refractivity (Wildman–Crippen MR) is 88.8 cm³/mol. The fourth-order valence-corrected chi connectivity index (χ4v) is 3.72. The zero-order chi connectivity index (χ0) is 16.5. The summed E-state index contributed by atoms with van der Waals surface area (Å²) >= 11 is 0. The number of likely N-dealkylation sites (tertiary alicyclic amines) is 1. The summed E-state index contributed by atoms with van der Waals surface area (Å²) in [5, 5.41) is 0. The van der Waals surface area contributed by atoms with Crippen LogP contribution < -0.4 is 5.73 Å². The van der Waals surface area contributed by atoms with Crippen molar-refractivity contribution in [1.82, 2.24) is 9.88 Å². The van der Waals surface area contributed by atoms with E-state index in [1.165, 1.54) is 0 Å². The van der Waals surface area contributed by atoms with Gasteiger partial charge in [0, 0.05) is 31.4 Å². The molecule has 3 rings (SSSR count). The minimum Gasteiger partial charge on any atom is -0.377 e.